The highest BCUT2D eigenvalue weighted by molar-refractivity contribution is 7.52. The Bertz CT molecular complexity index is 281. The zero-order valence-electron chi connectivity index (χ0n) is 8.19. The Morgan fingerprint density at radius 3 is 2.36 bits per heavy atom. The SMILES string of the molecule is CCCC#CCCC(=O)CP(=O)(O)O. The summed E-state index contributed by atoms with van der Waals surface area (Å²) in [5, 5.41) is 0. The van der Waals surface area contributed by atoms with Crippen molar-refractivity contribution in [2.45, 2.75) is 32.6 Å². The van der Waals surface area contributed by atoms with Crippen molar-refractivity contribution in [2.24, 2.45) is 0 Å². The molecule has 0 aliphatic carbocycles. The largest absolute Gasteiger partial charge is 0.332 e. The maximum absolute atomic E-state index is 10.9. The minimum atomic E-state index is -4.18. The predicted molar refractivity (Wildman–Crippen MR) is 53.8 cm³/mol. The number of rotatable bonds is 5. The van der Waals surface area contributed by atoms with Crippen LogP contribution in [0, 0.1) is 11.8 Å². The topological polar surface area (TPSA) is 74.6 Å². The quantitative estimate of drug-likeness (QED) is 0.539. The predicted octanol–water partition coefficient (Wildman–Crippen LogP) is 1.32. The first-order valence-electron chi connectivity index (χ1n) is 4.47. The van der Waals surface area contributed by atoms with Crippen LogP contribution in [0.2, 0.25) is 0 Å². The first-order valence-corrected chi connectivity index (χ1v) is 6.27. The molecule has 0 unspecified atom stereocenters. The smallest absolute Gasteiger partial charge is 0.324 e. The second-order valence-corrected chi connectivity index (χ2v) is 4.61. The molecule has 0 amide bonds. The summed E-state index contributed by atoms with van der Waals surface area (Å²) in [6.07, 6.45) is 1.62. The van der Waals surface area contributed by atoms with E-state index in [2.05, 4.69) is 11.8 Å². The summed E-state index contributed by atoms with van der Waals surface area (Å²) in [4.78, 5) is 27.9. The highest BCUT2D eigenvalue weighted by atomic mass is 31.2. The van der Waals surface area contributed by atoms with E-state index in [1.165, 1.54) is 0 Å². The van der Waals surface area contributed by atoms with E-state index < -0.39 is 19.5 Å². The summed E-state index contributed by atoms with van der Waals surface area (Å²) in [5.74, 6) is 5.21. The highest BCUT2D eigenvalue weighted by Gasteiger charge is 2.17. The highest BCUT2D eigenvalue weighted by Crippen LogP contribution is 2.34. The van der Waals surface area contributed by atoms with E-state index in [4.69, 9.17) is 9.79 Å². The molecule has 0 saturated carbocycles. The number of hydrogen-bond acceptors (Lipinski definition) is 2. The van der Waals surface area contributed by atoms with Gasteiger partial charge >= 0.3 is 7.60 Å². The van der Waals surface area contributed by atoms with Crippen molar-refractivity contribution in [3.63, 3.8) is 0 Å². The lowest BCUT2D eigenvalue weighted by Crippen LogP contribution is -2.04. The monoisotopic (exact) mass is 218 g/mol. The normalized spacial score (nSPS) is 10.5. The van der Waals surface area contributed by atoms with Gasteiger partial charge in [-0.3, -0.25) is 9.36 Å². The Labute approximate surface area is 83.9 Å². The summed E-state index contributed by atoms with van der Waals surface area (Å²) >= 11 is 0. The summed E-state index contributed by atoms with van der Waals surface area (Å²) in [7, 11) is -4.18. The van der Waals surface area contributed by atoms with Gasteiger partial charge < -0.3 is 9.79 Å². The van der Waals surface area contributed by atoms with Crippen LogP contribution in [0.3, 0.4) is 0 Å². The molecule has 80 valence electrons. The molecule has 0 saturated heterocycles. The maximum atomic E-state index is 10.9. The van der Waals surface area contributed by atoms with Crippen LogP contribution in [0.1, 0.15) is 32.6 Å². The van der Waals surface area contributed by atoms with Gasteiger partial charge in [0.15, 0.2) is 0 Å². The molecule has 0 spiro atoms. The summed E-state index contributed by atoms with van der Waals surface area (Å²) in [6.45, 7) is 2.01. The Morgan fingerprint density at radius 2 is 1.86 bits per heavy atom. The van der Waals surface area contributed by atoms with Gasteiger partial charge in [0, 0.05) is 19.3 Å². The fourth-order valence-electron chi connectivity index (χ4n) is 0.812. The number of carbonyl (C=O) groups is 1. The van der Waals surface area contributed by atoms with Gasteiger partial charge in [0.05, 0.1) is 0 Å². The van der Waals surface area contributed by atoms with Crippen molar-refractivity contribution in [3.05, 3.63) is 0 Å². The van der Waals surface area contributed by atoms with Crippen LogP contribution < -0.4 is 0 Å². The van der Waals surface area contributed by atoms with Gasteiger partial charge in [-0.05, 0) is 6.42 Å². The van der Waals surface area contributed by atoms with Gasteiger partial charge in [-0.15, -0.1) is 11.8 Å². The molecular formula is C9H15O4P. The zero-order chi connectivity index (χ0) is 11.0. The maximum Gasteiger partial charge on any atom is 0.332 e. The minimum Gasteiger partial charge on any atom is -0.324 e. The van der Waals surface area contributed by atoms with Crippen LogP contribution in [0.4, 0.5) is 0 Å². The van der Waals surface area contributed by atoms with E-state index >= 15 is 0 Å². The molecule has 0 atom stereocenters. The second-order valence-electron chi connectivity index (χ2n) is 2.97. The van der Waals surface area contributed by atoms with Gasteiger partial charge in [0.25, 0.3) is 0 Å². The Kier molecular flexibility index (Phi) is 6.48. The molecule has 14 heavy (non-hydrogen) atoms. The Hall–Kier alpha value is -0.620. The lowest BCUT2D eigenvalue weighted by Gasteiger charge is -2.00. The number of ketones is 1. The Morgan fingerprint density at radius 1 is 1.29 bits per heavy atom. The fraction of sp³-hybridized carbons (Fsp3) is 0.667. The minimum absolute atomic E-state index is 0.127. The van der Waals surface area contributed by atoms with Gasteiger partial charge in [-0.25, -0.2) is 0 Å². The van der Waals surface area contributed by atoms with E-state index in [0.29, 0.717) is 6.42 Å². The molecule has 4 nitrogen and oxygen atoms in total. The second kappa shape index (κ2) is 6.78. The van der Waals surface area contributed by atoms with E-state index in [1.807, 2.05) is 6.92 Å². The number of hydrogen-bond donors (Lipinski definition) is 2. The van der Waals surface area contributed by atoms with E-state index in [-0.39, 0.29) is 6.42 Å². The van der Waals surface area contributed by atoms with Crippen LogP contribution in [0.25, 0.3) is 0 Å². The number of unbranched alkanes of at least 4 members (excludes halogenated alkanes) is 1. The molecule has 0 radical (unpaired) electrons. The molecule has 0 heterocycles. The van der Waals surface area contributed by atoms with E-state index in [1.54, 1.807) is 0 Å². The van der Waals surface area contributed by atoms with Crippen LogP contribution in [0.15, 0.2) is 0 Å². The number of carbonyl (C=O) groups excluding carboxylic acids is 1. The molecule has 0 aromatic heterocycles. The van der Waals surface area contributed by atoms with Crippen molar-refractivity contribution in [2.75, 3.05) is 6.16 Å². The molecule has 0 fully saturated rings. The van der Waals surface area contributed by atoms with Crippen LogP contribution in [-0.4, -0.2) is 21.7 Å². The first kappa shape index (κ1) is 13.4. The van der Waals surface area contributed by atoms with Crippen molar-refractivity contribution in [3.8, 4) is 11.8 Å². The van der Waals surface area contributed by atoms with Crippen molar-refractivity contribution in [1.29, 1.82) is 0 Å². The average molecular weight is 218 g/mol. The molecule has 0 aliphatic rings. The first-order chi connectivity index (χ1) is 6.45. The molecule has 0 bridgehead atoms. The van der Waals surface area contributed by atoms with E-state index in [0.717, 1.165) is 12.8 Å². The third kappa shape index (κ3) is 9.47. The van der Waals surface area contributed by atoms with Crippen LogP contribution in [-0.2, 0) is 9.36 Å². The van der Waals surface area contributed by atoms with Gasteiger partial charge in [0.2, 0.25) is 0 Å². The summed E-state index contributed by atoms with van der Waals surface area (Å²) < 4.78 is 10.4. The van der Waals surface area contributed by atoms with Crippen LogP contribution >= 0.6 is 7.60 Å². The summed E-state index contributed by atoms with van der Waals surface area (Å²) in [6, 6.07) is 0. The van der Waals surface area contributed by atoms with Crippen molar-refractivity contribution < 1.29 is 19.1 Å². The van der Waals surface area contributed by atoms with Crippen LogP contribution in [0.5, 0.6) is 0 Å². The Balaban J connectivity index is 3.67. The van der Waals surface area contributed by atoms with Crippen molar-refractivity contribution >= 4 is 13.4 Å². The van der Waals surface area contributed by atoms with Gasteiger partial charge in [-0.2, -0.15) is 0 Å². The molecule has 0 aromatic carbocycles. The summed E-state index contributed by atoms with van der Waals surface area (Å²) in [5.41, 5.74) is 0. The molecule has 5 heteroatoms. The van der Waals surface area contributed by atoms with E-state index in [9.17, 15) is 9.36 Å². The third-order valence-corrected chi connectivity index (χ3v) is 2.18. The van der Waals surface area contributed by atoms with Crippen molar-refractivity contribution in [1.82, 2.24) is 0 Å². The number of Topliss-reactive ketones (excluding diaryl/α,β-unsaturated/α-hetero) is 1. The lowest BCUT2D eigenvalue weighted by atomic mass is 10.2. The average Bonchev–Trinajstić information content (AvgIpc) is 2.00. The molecule has 0 aliphatic heterocycles. The fourth-order valence-corrected chi connectivity index (χ4v) is 1.43. The molecule has 2 N–H and O–H groups in total. The molecule has 0 rings (SSSR count). The lowest BCUT2D eigenvalue weighted by molar-refractivity contribution is -0.116. The van der Waals surface area contributed by atoms with Gasteiger partial charge in [0.1, 0.15) is 11.9 Å². The van der Waals surface area contributed by atoms with Gasteiger partial charge in [-0.1, -0.05) is 6.92 Å². The zero-order valence-corrected chi connectivity index (χ0v) is 9.09. The third-order valence-electron chi connectivity index (χ3n) is 1.41. The standard InChI is InChI=1S/C9H15O4P/c1-2-3-4-5-6-7-9(10)8-14(11,12)13/h2-3,6-8H2,1H3,(H2,11,12,13). The molecule has 0 aromatic rings. The molecular weight excluding hydrogens is 203 g/mol.